The summed E-state index contributed by atoms with van der Waals surface area (Å²) in [6.45, 7) is 11.0. The molecule has 2 aliphatic heterocycles. The van der Waals surface area contributed by atoms with Crippen LogP contribution in [0, 0.1) is 0 Å². The molecule has 1 amide bonds. The lowest BCUT2D eigenvalue weighted by molar-refractivity contribution is -0.0938. The molecule has 0 aromatic heterocycles. The van der Waals surface area contributed by atoms with E-state index < -0.39 is 5.60 Å². The lowest BCUT2D eigenvalue weighted by Gasteiger charge is -2.41. The van der Waals surface area contributed by atoms with Crippen molar-refractivity contribution in [2.75, 3.05) is 26.3 Å². The molecule has 0 bridgehead atoms. The van der Waals surface area contributed by atoms with E-state index in [0.717, 1.165) is 45.3 Å². The molecule has 0 aromatic carbocycles. The Morgan fingerprint density at radius 2 is 2.00 bits per heavy atom. The van der Waals surface area contributed by atoms with E-state index >= 15 is 0 Å². The van der Waals surface area contributed by atoms with E-state index in [1.54, 1.807) is 0 Å². The zero-order valence-electron chi connectivity index (χ0n) is 15.2. The molecule has 0 saturated carbocycles. The monoisotopic (exact) mass is 327 g/mol. The number of piperidine rings is 1. The maximum Gasteiger partial charge on any atom is 0.410 e. The van der Waals surface area contributed by atoms with Crippen LogP contribution in [0.25, 0.3) is 0 Å². The second-order valence-electron chi connectivity index (χ2n) is 7.78. The Bertz CT molecular complexity index is 377. The Morgan fingerprint density at radius 1 is 1.30 bits per heavy atom. The van der Waals surface area contributed by atoms with E-state index in [0.29, 0.717) is 19.2 Å². The van der Waals surface area contributed by atoms with Gasteiger partial charge in [-0.15, -0.1) is 0 Å². The van der Waals surface area contributed by atoms with Crippen LogP contribution in [-0.4, -0.2) is 54.6 Å². The summed E-state index contributed by atoms with van der Waals surface area (Å²) in [4.78, 5) is 14.0. The van der Waals surface area contributed by atoms with E-state index in [4.69, 9.17) is 14.2 Å². The van der Waals surface area contributed by atoms with Crippen LogP contribution in [0.2, 0.25) is 0 Å². The molecule has 2 saturated heterocycles. The topological polar surface area (TPSA) is 48.0 Å². The van der Waals surface area contributed by atoms with Crippen molar-refractivity contribution in [2.24, 2.45) is 0 Å². The summed E-state index contributed by atoms with van der Waals surface area (Å²) in [7, 11) is 0. The number of rotatable bonds is 5. The molecule has 1 unspecified atom stereocenters. The van der Waals surface area contributed by atoms with Crippen LogP contribution in [0.4, 0.5) is 4.79 Å². The molecule has 1 atom stereocenters. The van der Waals surface area contributed by atoms with Crippen molar-refractivity contribution in [1.82, 2.24) is 4.90 Å². The minimum Gasteiger partial charge on any atom is -0.444 e. The first-order chi connectivity index (χ1) is 10.8. The van der Waals surface area contributed by atoms with Gasteiger partial charge in [0.1, 0.15) is 5.60 Å². The van der Waals surface area contributed by atoms with Gasteiger partial charge in [0.15, 0.2) is 0 Å². The van der Waals surface area contributed by atoms with Crippen molar-refractivity contribution in [3.63, 3.8) is 0 Å². The summed E-state index contributed by atoms with van der Waals surface area (Å²) in [5.74, 6) is 0. The van der Waals surface area contributed by atoms with E-state index in [1.165, 1.54) is 6.42 Å². The normalized spacial score (nSPS) is 24.7. The smallest absolute Gasteiger partial charge is 0.410 e. The van der Waals surface area contributed by atoms with E-state index in [-0.39, 0.29) is 11.7 Å². The van der Waals surface area contributed by atoms with Crippen LogP contribution in [0.5, 0.6) is 0 Å². The molecule has 0 radical (unpaired) electrons. The highest BCUT2D eigenvalue weighted by atomic mass is 16.6. The van der Waals surface area contributed by atoms with Crippen molar-refractivity contribution in [3.8, 4) is 0 Å². The lowest BCUT2D eigenvalue weighted by Crippen LogP contribution is -2.49. The van der Waals surface area contributed by atoms with Gasteiger partial charge in [-0.25, -0.2) is 4.79 Å². The molecule has 2 rings (SSSR count). The number of carbonyl (C=O) groups excluding carboxylic acids is 1. The summed E-state index contributed by atoms with van der Waals surface area (Å²) in [6, 6.07) is 0. The average Bonchev–Trinajstić information content (AvgIpc) is 2.99. The standard InChI is InChI=1S/C18H33NO4/c1-5-18(22-14-8-15-7-6-13-21-15)9-11-19(12-10-18)16(20)23-17(2,3)4/h15H,5-14H2,1-4H3. The van der Waals surface area contributed by atoms with Gasteiger partial charge in [-0.3, -0.25) is 0 Å². The molecule has 5 nitrogen and oxygen atoms in total. The fourth-order valence-electron chi connectivity index (χ4n) is 3.30. The first kappa shape index (κ1) is 18.5. The quantitative estimate of drug-likeness (QED) is 0.771. The minimum absolute atomic E-state index is 0.0862. The largest absolute Gasteiger partial charge is 0.444 e. The first-order valence-electron chi connectivity index (χ1n) is 9.07. The summed E-state index contributed by atoms with van der Waals surface area (Å²) in [5.41, 5.74) is -0.523. The molecule has 2 heterocycles. The third-order valence-electron chi connectivity index (χ3n) is 4.84. The number of nitrogens with zero attached hydrogens (tertiary/aromatic N) is 1. The van der Waals surface area contributed by atoms with E-state index in [1.807, 2.05) is 25.7 Å². The molecule has 5 heteroatoms. The lowest BCUT2D eigenvalue weighted by atomic mass is 9.88. The first-order valence-corrected chi connectivity index (χ1v) is 9.07. The van der Waals surface area contributed by atoms with Crippen molar-refractivity contribution in [3.05, 3.63) is 0 Å². The van der Waals surface area contributed by atoms with Crippen LogP contribution in [0.1, 0.15) is 66.2 Å². The molecule has 134 valence electrons. The highest BCUT2D eigenvalue weighted by Gasteiger charge is 2.36. The second-order valence-corrected chi connectivity index (χ2v) is 7.78. The van der Waals surface area contributed by atoms with Crippen molar-refractivity contribution < 1.29 is 19.0 Å². The van der Waals surface area contributed by atoms with Gasteiger partial charge in [0.05, 0.1) is 11.7 Å². The van der Waals surface area contributed by atoms with Gasteiger partial charge in [0, 0.05) is 26.3 Å². The Morgan fingerprint density at radius 3 is 2.52 bits per heavy atom. The van der Waals surface area contributed by atoms with Crippen molar-refractivity contribution in [2.45, 2.75) is 83.5 Å². The maximum absolute atomic E-state index is 12.1. The van der Waals surface area contributed by atoms with Crippen LogP contribution >= 0.6 is 0 Å². The summed E-state index contributed by atoms with van der Waals surface area (Å²) in [6.07, 6.45) is 6.25. The summed E-state index contributed by atoms with van der Waals surface area (Å²) >= 11 is 0. The third-order valence-corrected chi connectivity index (χ3v) is 4.84. The average molecular weight is 327 g/mol. The van der Waals surface area contributed by atoms with Crippen LogP contribution < -0.4 is 0 Å². The van der Waals surface area contributed by atoms with Gasteiger partial charge in [-0.1, -0.05) is 6.92 Å². The summed E-state index contributed by atoms with van der Waals surface area (Å²) < 4.78 is 17.4. The molecule has 0 spiro atoms. The highest BCUT2D eigenvalue weighted by molar-refractivity contribution is 5.68. The molecule has 0 aromatic rings. The van der Waals surface area contributed by atoms with E-state index in [2.05, 4.69) is 6.92 Å². The fourth-order valence-corrected chi connectivity index (χ4v) is 3.30. The SMILES string of the molecule is CCC1(OCCC2CCCO2)CCN(C(=O)OC(C)(C)C)CC1. The predicted octanol–water partition coefficient (Wildman–Crippen LogP) is 3.75. The third kappa shape index (κ3) is 5.64. The zero-order valence-corrected chi connectivity index (χ0v) is 15.2. The number of hydrogen-bond acceptors (Lipinski definition) is 4. The molecule has 0 N–H and O–H groups in total. The van der Waals surface area contributed by atoms with Gasteiger partial charge in [-0.05, 0) is 59.3 Å². The van der Waals surface area contributed by atoms with Gasteiger partial charge >= 0.3 is 6.09 Å². The Kier molecular flexibility index (Phi) is 6.32. The number of amides is 1. The molecule has 2 fully saturated rings. The molecular formula is C18H33NO4. The minimum atomic E-state index is -0.436. The van der Waals surface area contributed by atoms with Gasteiger partial charge in [0.2, 0.25) is 0 Å². The summed E-state index contributed by atoms with van der Waals surface area (Å²) in [5, 5.41) is 0. The number of carbonyl (C=O) groups is 1. The second kappa shape index (κ2) is 7.84. The van der Waals surface area contributed by atoms with Gasteiger partial charge < -0.3 is 19.1 Å². The van der Waals surface area contributed by atoms with Gasteiger partial charge in [0.25, 0.3) is 0 Å². The predicted molar refractivity (Wildman–Crippen MR) is 89.6 cm³/mol. The van der Waals surface area contributed by atoms with Gasteiger partial charge in [-0.2, -0.15) is 0 Å². The Hall–Kier alpha value is -0.810. The van der Waals surface area contributed by atoms with Crippen molar-refractivity contribution >= 4 is 6.09 Å². The van der Waals surface area contributed by atoms with Crippen LogP contribution in [0.3, 0.4) is 0 Å². The van der Waals surface area contributed by atoms with E-state index in [9.17, 15) is 4.79 Å². The van der Waals surface area contributed by atoms with Crippen LogP contribution in [0.15, 0.2) is 0 Å². The molecule has 23 heavy (non-hydrogen) atoms. The Labute approximate surface area is 140 Å². The molecule has 2 aliphatic rings. The zero-order chi connectivity index (χ0) is 16.9. The number of likely N-dealkylation sites (tertiary alicyclic amines) is 1. The van der Waals surface area contributed by atoms with Crippen LogP contribution in [-0.2, 0) is 14.2 Å². The number of hydrogen-bond donors (Lipinski definition) is 0. The van der Waals surface area contributed by atoms with Crippen molar-refractivity contribution in [1.29, 1.82) is 0 Å². The molecular weight excluding hydrogens is 294 g/mol. The fraction of sp³-hybridized carbons (Fsp3) is 0.944. The molecule has 0 aliphatic carbocycles. The maximum atomic E-state index is 12.1. The number of ether oxygens (including phenoxy) is 3. The highest BCUT2D eigenvalue weighted by Crippen LogP contribution is 2.31. The Balaban J connectivity index is 1.75.